The van der Waals surface area contributed by atoms with Crippen LogP contribution in [0.2, 0.25) is 0 Å². The van der Waals surface area contributed by atoms with Crippen LogP contribution in [0.1, 0.15) is 44.7 Å². The Kier molecular flexibility index (Phi) is 3.82. The van der Waals surface area contributed by atoms with Crippen LogP contribution in [0.5, 0.6) is 0 Å². The number of rotatable bonds is 2. The number of amides is 2. The molecule has 2 aliphatic rings. The number of fused-ring (bicyclic) bond motifs is 1. The van der Waals surface area contributed by atoms with Gasteiger partial charge in [0.1, 0.15) is 6.04 Å². The van der Waals surface area contributed by atoms with E-state index in [1.54, 1.807) is 4.90 Å². The van der Waals surface area contributed by atoms with E-state index >= 15 is 0 Å². The number of aryl methyl sites for hydroxylation is 2. The van der Waals surface area contributed by atoms with Gasteiger partial charge in [-0.05, 0) is 69.7 Å². The van der Waals surface area contributed by atoms with Crippen molar-refractivity contribution in [1.29, 1.82) is 0 Å². The van der Waals surface area contributed by atoms with Crippen molar-refractivity contribution in [2.45, 2.75) is 58.0 Å². The van der Waals surface area contributed by atoms with Crippen LogP contribution in [0.25, 0.3) is 0 Å². The molecule has 23 heavy (non-hydrogen) atoms. The van der Waals surface area contributed by atoms with Crippen molar-refractivity contribution >= 4 is 17.7 Å². The SMILES string of the molecule is CC(C)(C)N(C(=O)O)[C@H]1CCN(c2ccc3c(c2)CCC3)C1=O. The minimum absolute atomic E-state index is 0.111. The second kappa shape index (κ2) is 5.55. The summed E-state index contributed by atoms with van der Waals surface area (Å²) in [5.41, 5.74) is 3.00. The molecule has 3 rings (SSSR count). The molecular formula is C18H24N2O3. The van der Waals surface area contributed by atoms with Crippen LogP contribution in [-0.4, -0.2) is 40.1 Å². The second-order valence-corrected chi connectivity index (χ2v) is 7.42. The van der Waals surface area contributed by atoms with E-state index in [-0.39, 0.29) is 5.91 Å². The van der Waals surface area contributed by atoms with Crippen molar-refractivity contribution in [1.82, 2.24) is 4.90 Å². The summed E-state index contributed by atoms with van der Waals surface area (Å²) in [6.07, 6.45) is 2.86. The van der Waals surface area contributed by atoms with Crippen LogP contribution in [-0.2, 0) is 17.6 Å². The number of hydrogen-bond donors (Lipinski definition) is 1. The Balaban J connectivity index is 1.85. The van der Waals surface area contributed by atoms with Gasteiger partial charge in [-0.2, -0.15) is 0 Å². The first-order chi connectivity index (χ1) is 10.8. The molecule has 1 heterocycles. The van der Waals surface area contributed by atoms with Crippen molar-refractivity contribution in [3.05, 3.63) is 29.3 Å². The van der Waals surface area contributed by atoms with Gasteiger partial charge in [0.05, 0.1) is 0 Å². The third-order valence-corrected chi connectivity index (χ3v) is 4.81. The summed E-state index contributed by atoms with van der Waals surface area (Å²) >= 11 is 0. The number of benzene rings is 1. The fourth-order valence-electron chi connectivity index (χ4n) is 3.77. The van der Waals surface area contributed by atoms with E-state index in [2.05, 4.69) is 12.1 Å². The van der Waals surface area contributed by atoms with Gasteiger partial charge in [0.2, 0.25) is 5.91 Å². The van der Waals surface area contributed by atoms with Gasteiger partial charge in [-0.3, -0.25) is 9.69 Å². The maximum absolute atomic E-state index is 12.8. The van der Waals surface area contributed by atoms with Crippen LogP contribution in [0.15, 0.2) is 18.2 Å². The molecule has 1 N–H and O–H groups in total. The average Bonchev–Trinajstić information content (AvgIpc) is 3.04. The molecule has 0 radical (unpaired) electrons. The van der Waals surface area contributed by atoms with Crippen molar-refractivity contribution < 1.29 is 14.7 Å². The summed E-state index contributed by atoms with van der Waals surface area (Å²) in [4.78, 5) is 27.5. The standard InChI is InChI=1S/C18H24N2O3/c1-18(2,3)20(17(22)23)15-9-10-19(16(15)21)14-8-7-12-5-4-6-13(12)11-14/h7-8,11,15H,4-6,9-10H2,1-3H3,(H,22,23)/t15-/m0/s1. The maximum Gasteiger partial charge on any atom is 0.408 e. The van der Waals surface area contributed by atoms with Gasteiger partial charge in [-0.1, -0.05) is 6.07 Å². The fourth-order valence-corrected chi connectivity index (χ4v) is 3.77. The lowest BCUT2D eigenvalue weighted by Crippen LogP contribution is -2.54. The van der Waals surface area contributed by atoms with Crippen LogP contribution in [0.4, 0.5) is 10.5 Å². The first kappa shape index (κ1) is 15.8. The van der Waals surface area contributed by atoms with Crippen molar-refractivity contribution in [2.24, 2.45) is 0 Å². The van der Waals surface area contributed by atoms with Gasteiger partial charge >= 0.3 is 6.09 Å². The second-order valence-electron chi connectivity index (χ2n) is 7.42. The predicted molar refractivity (Wildman–Crippen MR) is 88.8 cm³/mol. The number of anilines is 1. The molecule has 0 saturated carbocycles. The smallest absolute Gasteiger partial charge is 0.408 e. The largest absolute Gasteiger partial charge is 0.465 e. The van der Waals surface area contributed by atoms with Crippen LogP contribution in [0.3, 0.4) is 0 Å². The highest BCUT2D eigenvalue weighted by molar-refractivity contribution is 6.01. The molecule has 1 atom stereocenters. The Morgan fingerprint density at radius 3 is 2.61 bits per heavy atom. The highest BCUT2D eigenvalue weighted by Gasteiger charge is 2.43. The maximum atomic E-state index is 12.8. The van der Waals surface area contributed by atoms with Crippen LogP contribution >= 0.6 is 0 Å². The quantitative estimate of drug-likeness (QED) is 0.912. The van der Waals surface area contributed by atoms with Gasteiger partial charge in [0, 0.05) is 17.8 Å². The van der Waals surface area contributed by atoms with Gasteiger partial charge in [-0.25, -0.2) is 4.79 Å². The molecule has 0 aromatic heterocycles. The number of carbonyl (C=O) groups is 2. The molecule has 2 amide bonds. The zero-order valence-electron chi connectivity index (χ0n) is 14.0. The van der Waals surface area contributed by atoms with Crippen molar-refractivity contribution in [3.63, 3.8) is 0 Å². The first-order valence-corrected chi connectivity index (χ1v) is 8.24. The lowest BCUT2D eigenvalue weighted by Gasteiger charge is -2.36. The summed E-state index contributed by atoms with van der Waals surface area (Å²) in [6.45, 7) is 6.05. The van der Waals surface area contributed by atoms with E-state index in [1.807, 2.05) is 26.8 Å². The Morgan fingerprint density at radius 2 is 1.96 bits per heavy atom. The Morgan fingerprint density at radius 1 is 1.26 bits per heavy atom. The Hall–Kier alpha value is -2.04. The Bertz CT molecular complexity index is 648. The Labute approximate surface area is 136 Å². The summed E-state index contributed by atoms with van der Waals surface area (Å²) in [5, 5.41) is 9.53. The number of hydrogen-bond acceptors (Lipinski definition) is 2. The normalized spacial score (nSPS) is 20.7. The van der Waals surface area contributed by atoms with Crippen molar-refractivity contribution in [3.8, 4) is 0 Å². The molecule has 1 aromatic rings. The van der Waals surface area contributed by atoms with E-state index in [9.17, 15) is 14.7 Å². The summed E-state index contributed by atoms with van der Waals surface area (Å²) in [5.74, 6) is -0.111. The zero-order valence-corrected chi connectivity index (χ0v) is 14.0. The minimum atomic E-state index is -1.04. The molecule has 1 saturated heterocycles. The van der Waals surface area contributed by atoms with Crippen LogP contribution in [0, 0.1) is 0 Å². The highest BCUT2D eigenvalue weighted by Crippen LogP contribution is 2.32. The average molecular weight is 316 g/mol. The van der Waals surface area contributed by atoms with E-state index in [0.717, 1.165) is 18.5 Å². The summed E-state index contributed by atoms with van der Waals surface area (Å²) < 4.78 is 0. The molecule has 1 aliphatic carbocycles. The minimum Gasteiger partial charge on any atom is -0.465 e. The van der Waals surface area contributed by atoms with Gasteiger partial charge in [0.15, 0.2) is 0 Å². The molecule has 124 valence electrons. The number of carboxylic acid groups (broad SMARTS) is 1. The van der Waals surface area contributed by atoms with Gasteiger partial charge in [-0.15, -0.1) is 0 Å². The number of carbonyl (C=O) groups excluding carboxylic acids is 1. The topological polar surface area (TPSA) is 60.9 Å². The lowest BCUT2D eigenvalue weighted by molar-refractivity contribution is -0.122. The first-order valence-electron chi connectivity index (χ1n) is 8.24. The summed E-state index contributed by atoms with van der Waals surface area (Å²) in [7, 11) is 0. The number of nitrogens with zero attached hydrogens (tertiary/aromatic N) is 2. The van der Waals surface area contributed by atoms with E-state index in [0.29, 0.717) is 13.0 Å². The molecular weight excluding hydrogens is 292 g/mol. The monoisotopic (exact) mass is 316 g/mol. The third-order valence-electron chi connectivity index (χ3n) is 4.81. The van der Waals surface area contributed by atoms with Gasteiger partial charge < -0.3 is 10.0 Å². The lowest BCUT2D eigenvalue weighted by atomic mass is 10.0. The molecule has 0 bridgehead atoms. The highest BCUT2D eigenvalue weighted by atomic mass is 16.4. The van der Waals surface area contributed by atoms with E-state index in [1.165, 1.54) is 22.4 Å². The molecule has 5 nitrogen and oxygen atoms in total. The molecule has 1 fully saturated rings. The molecule has 5 heteroatoms. The van der Waals surface area contributed by atoms with Crippen LogP contribution < -0.4 is 4.90 Å². The predicted octanol–water partition coefficient (Wildman–Crippen LogP) is 3.06. The molecule has 0 spiro atoms. The van der Waals surface area contributed by atoms with Crippen molar-refractivity contribution in [2.75, 3.05) is 11.4 Å². The molecule has 0 unspecified atom stereocenters. The van der Waals surface area contributed by atoms with E-state index < -0.39 is 17.7 Å². The molecule has 1 aromatic carbocycles. The summed E-state index contributed by atoms with van der Waals surface area (Å²) in [6, 6.07) is 5.61. The third kappa shape index (κ3) is 2.80. The van der Waals surface area contributed by atoms with E-state index in [4.69, 9.17) is 0 Å². The molecule has 1 aliphatic heterocycles. The van der Waals surface area contributed by atoms with Gasteiger partial charge in [0.25, 0.3) is 0 Å². The zero-order chi connectivity index (χ0) is 16.8. The fraction of sp³-hybridized carbons (Fsp3) is 0.556.